The molecule has 0 unspecified atom stereocenters. The number of carbonyl (C=O) groups is 2. The molecule has 33 heavy (non-hydrogen) atoms. The zero-order chi connectivity index (χ0) is 23.2. The van der Waals surface area contributed by atoms with Gasteiger partial charge in [0.15, 0.2) is 17.3 Å². The molecule has 1 aromatic heterocycles. The Morgan fingerprint density at radius 1 is 1.09 bits per heavy atom. The van der Waals surface area contributed by atoms with Gasteiger partial charge in [0, 0.05) is 24.6 Å². The number of furan rings is 1. The Kier molecular flexibility index (Phi) is 5.34. The monoisotopic (exact) mass is 441 g/mol. The molecule has 1 fully saturated rings. The highest BCUT2D eigenvalue weighted by Crippen LogP contribution is 2.34. The normalized spacial score (nSPS) is 17.7. The molecule has 3 aromatic rings. The standard InChI is InChI=1S/C28H27NO4/c1-28(2,32)15-14-21-11-13-24(33-21)27(31)29-16-4-6-20(17-29)26(30)23-12-10-19-9-8-18-5-3-7-22(23)25(18)19/h3,5,7,10-13,20,32H,4,6,8-9,16-17H2,1-2H3/t20-/m1/s1. The maximum absolute atomic E-state index is 13.5. The molecule has 2 heterocycles. The maximum atomic E-state index is 13.5. The van der Waals surface area contributed by atoms with Crippen LogP contribution >= 0.6 is 0 Å². The van der Waals surface area contributed by atoms with Gasteiger partial charge in [-0.05, 0) is 79.5 Å². The number of hydrogen-bond donors (Lipinski definition) is 1. The second-order valence-corrected chi connectivity index (χ2v) is 9.54. The fourth-order valence-electron chi connectivity index (χ4n) is 4.95. The Labute approximate surface area is 193 Å². The molecule has 1 atom stereocenters. The summed E-state index contributed by atoms with van der Waals surface area (Å²) in [5.74, 6) is 5.61. The fourth-order valence-corrected chi connectivity index (χ4v) is 4.95. The highest BCUT2D eigenvalue weighted by molar-refractivity contribution is 6.11. The molecule has 0 radical (unpaired) electrons. The number of amides is 1. The van der Waals surface area contributed by atoms with Crippen LogP contribution in [0.1, 0.15) is 64.5 Å². The van der Waals surface area contributed by atoms with Gasteiger partial charge in [-0.15, -0.1) is 0 Å². The lowest BCUT2D eigenvalue weighted by Crippen LogP contribution is -2.42. The van der Waals surface area contributed by atoms with Gasteiger partial charge in [0.1, 0.15) is 5.60 Å². The van der Waals surface area contributed by atoms with Crippen LogP contribution in [0.15, 0.2) is 46.9 Å². The van der Waals surface area contributed by atoms with E-state index in [2.05, 4.69) is 24.0 Å². The third kappa shape index (κ3) is 4.19. The highest BCUT2D eigenvalue weighted by Gasteiger charge is 2.32. The van der Waals surface area contributed by atoms with Crippen molar-refractivity contribution in [2.24, 2.45) is 5.92 Å². The first-order valence-corrected chi connectivity index (χ1v) is 11.5. The minimum atomic E-state index is -1.14. The van der Waals surface area contributed by atoms with Crippen molar-refractivity contribution in [1.82, 2.24) is 4.90 Å². The van der Waals surface area contributed by atoms with E-state index in [-0.39, 0.29) is 23.4 Å². The van der Waals surface area contributed by atoms with Crippen molar-refractivity contribution in [3.63, 3.8) is 0 Å². The second kappa shape index (κ2) is 8.20. The molecule has 0 spiro atoms. The number of rotatable bonds is 3. The van der Waals surface area contributed by atoms with Gasteiger partial charge in [-0.1, -0.05) is 36.3 Å². The van der Waals surface area contributed by atoms with E-state index in [1.807, 2.05) is 18.2 Å². The molecule has 5 rings (SSSR count). The van der Waals surface area contributed by atoms with Crippen LogP contribution in [0.5, 0.6) is 0 Å². The fraction of sp³-hybridized carbons (Fsp3) is 0.357. The average Bonchev–Trinajstić information content (AvgIpc) is 3.45. The summed E-state index contributed by atoms with van der Waals surface area (Å²) in [7, 11) is 0. The van der Waals surface area contributed by atoms with Crippen molar-refractivity contribution in [2.75, 3.05) is 13.1 Å². The third-order valence-corrected chi connectivity index (χ3v) is 6.53. The van der Waals surface area contributed by atoms with Crippen LogP contribution in [0.4, 0.5) is 0 Å². The lowest BCUT2D eigenvalue weighted by molar-refractivity contribution is 0.0610. The van der Waals surface area contributed by atoms with Crippen LogP contribution in [0.3, 0.4) is 0 Å². The van der Waals surface area contributed by atoms with E-state index in [0.717, 1.165) is 36.6 Å². The van der Waals surface area contributed by atoms with Crippen LogP contribution in [-0.2, 0) is 12.8 Å². The van der Waals surface area contributed by atoms with Crippen LogP contribution in [0.25, 0.3) is 10.8 Å². The summed E-state index contributed by atoms with van der Waals surface area (Å²) in [6.45, 7) is 4.15. The average molecular weight is 442 g/mol. The van der Waals surface area contributed by atoms with Gasteiger partial charge in [0.05, 0.1) is 0 Å². The summed E-state index contributed by atoms with van der Waals surface area (Å²) >= 11 is 0. The van der Waals surface area contributed by atoms with Gasteiger partial charge in [0.25, 0.3) is 5.91 Å². The van der Waals surface area contributed by atoms with Gasteiger partial charge in [-0.3, -0.25) is 9.59 Å². The zero-order valence-electron chi connectivity index (χ0n) is 19.0. The smallest absolute Gasteiger partial charge is 0.289 e. The molecule has 1 N–H and O–H groups in total. The van der Waals surface area contributed by atoms with E-state index in [0.29, 0.717) is 18.8 Å². The Morgan fingerprint density at radius 3 is 2.67 bits per heavy atom. The molecule has 5 nitrogen and oxygen atoms in total. The summed E-state index contributed by atoms with van der Waals surface area (Å²) < 4.78 is 5.60. The van der Waals surface area contributed by atoms with E-state index in [1.54, 1.807) is 30.9 Å². The molecule has 1 saturated heterocycles. The summed E-state index contributed by atoms with van der Waals surface area (Å²) in [6, 6.07) is 13.5. The quantitative estimate of drug-likeness (QED) is 0.483. The van der Waals surface area contributed by atoms with Crippen LogP contribution < -0.4 is 0 Å². The van der Waals surface area contributed by atoms with Gasteiger partial charge in [-0.2, -0.15) is 0 Å². The minimum absolute atomic E-state index is 0.110. The molecule has 2 aliphatic rings. The Balaban J connectivity index is 1.35. The van der Waals surface area contributed by atoms with Gasteiger partial charge < -0.3 is 14.4 Å². The van der Waals surface area contributed by atoms with E-state index in [4.69, 9.17) is 4.42 Å². The predicted molar refractivity (Wildman–Crippen MR) is 126 cm³/mol. The van der Waals surface area contributed by atoms with Crippen LogP contribution in [0.2, 0.25) is 0 Å². The Morgan fingerprint density at radius 2 is 1.88 bits per heavy atom. The first kappa shape index (κ1) is 21.5. The number of benzene rings is 2. The Bertz CT molecular complexity index is 1300. The number of Topliss-reactive ketones (excluding diaryl/α,β-unsaturated/α-hetero) is 1. The molecule has 168 valence electrons. The molecule has 1 aliphatic carbocycles. The number of nitrogens with zero attached hydrogens (tertiary/aromatic N) is 1. The van der Waals surface area contributed by atoms with E-state index in [9.17, 15) is 14.7 Å². The molecule has 1 amide bonds. The molecule has 2 aromatic carbocycles. The number of likely N-dealkylation sites (tertiary alicyclic amines) is 1. The van der Waals surface area contributed by atoms with E-state index in [1.165, 1.54) is 16.5 Å². The minimum Gasteiger partial charge on any atom is -0.443 e. The topological polar surface area (TPSA) is 70.8 Å². The van der Waals surface area contributed by atoms with E-state index < -0.39 is 5.60 Å². The molecule has 5 heteroatoms. The number of ketones is 1. The van der Waals surface area contributed by atoms with Crippen LogP contribution in [0, 0.1) is 17.8 Å². The van der Waals surface area contributed by atoms with Gasteiger partial charge in [0.2, 0.25) is 0 Å². The van der Waals surface area contributed by atoms with Crippen LogP contribution in [-0.4, -0.2) is 40.4 Å². The van der Waals surface area contributed by atoms with Crippen molar-refractivity contribution in [3.8, 4) is 11.8 Å². The SMILES string of the molecule is CC(C)(O)C#Cc1ccc(C(=O)N2CCC[C@@H](C(=O)c3ccc4c5c(cccc35)CC4)C2)o1. The highest BCUT2D eigenvalue weighted by atomic mass is 16.4. The van der Waals surface area contributed by atoms with Crippen molar-refractivity contribution in [1.29, 1.82) is 0 Å². The zero-order valence-corrected chi connectivity index (χ0v) is 19.0. The summed E-state index contributed by atoms with van der Waals surface area (Å²) in [5, 5.41) is 12.0. The molecular weight excluding hydrogens is 414 g/mol. The van der Waals surface area contributed by atoms with Crippen molar-refractivity contribution < 1.29 is 19.1 Å². The van der Waals surface area contributed by atoms with Crippen molar-refractivity contribution in [3.05, 3.63) is 70.7 Å². The molecule has 1 aliphatic heterocycles. The largest absolute Gasteiger partial charge is 0.443 e. The summed E-state index contributed by atoms with van der Waals surface area (Å²) in [5.41, 5.74) is 2.26. The predicted octanol–water partition coefficient (Wildman–Crippen LogP) is 4.39. The number of hydrogen-bond acceptors (Lipinski definition) is 4. The summed E-state index contributed by atoms with van der Waals surface area (Å²) in [6.07, 6.45) is 3.60. The molecule has 0 saturated carbocycles. The number of piperidine rings is 1. The first-order chi connectivity index (χ1) is 15.8. The molecule has 0 bridgehead atoms. The number of aliphatic hydroxyl groups is 1. The van der Waals surface area contributed by atoms with E-state index >= 15 is 0 Å². The number of carbonyl (C=O) groups excluding carboxylic acids is 2. The number of aryl methyl sites for hydroxylation is 2. The summed E-state index contributed by atoms with van der Waals surface area (Å²) in [4.78, 5) is 28.3. The lowest BCUT2D eigenvalue weighted by atomic mass is 9.87. The lowest BCUT2D eigenvalue weighted by Gasteiger charge is -2.31. The first-order valence-electron chi connectivity index (χ1n) is 11.5. The Hall–Kier alpha value is -3.36. The van der Waals surface area contributed by atoms with Crippen molar-refractivity contribution in [2.45, 2.75) is 45.1 Å². The second-order valence-electron chi connectivity index (χ2n) is 9.54. The third-order valence-electron chi connectivity index (χ3n) is 6.53. The van der Waals surface area contributed by atoms with Crippen molar-refractivity contribution >= 4 is 22.5 Å². The van der Waals surface area contributed by atoms with Gasteiger partial charge >= 0.3 is 0 Å². The maximum Gasteiger partial charge on any atom is 0.289 e. The molecular formula is C28H27NO4. The van der Waals surface area contributed by atoms with Gasteiger partial charge in [-0.25, -0.2) is 0 Å².